The highest BCUT2D eigenvalue weighted by Gasteiger charge is 2.22. The molecule has 0 saturated heterocycles. The lowest BCUT2D eigenvalue weighted by Crippen LogP contribution is -2.45. The van der Waals surface area contributed by atoms with Crippen molar-refractivity contribution in [1.82, 2.24) is 20.7 Å². The van der Waals surface area contributed by atoms with Crippen LogP contribution in [0.2, 0.25) is 0 Å². The number of amides is 1. The molecule has 0 aliphatic carbocycles. The van der Waals surface area contributed by atoms with Gasteiger partial charge in [-0.25, -0.2) is 4.79 Å². The number of carbonyl (C=O) groups excluding carboxylic acids is 1. The number of hydrogen-bond acceptors (Lipinski definition) is 5. The quantitative estimate of drug-likeness (QED) is 0.270. The normalized spacial score (nSPS) is 12.9. The lowest BCUT2D eigenvalue weighted by Gasteiger charge is -2.28. The van der Waals surface area contributed by atoms with Crippen molar-refractivity contribution < 1.29 is 14.1 Å². The second-order valence-electron chi connectivity index (χ2n) is 9.00. The number of halogens is 1. The van der Waals surface area contributed by atoms with E-state index in [0.29, 0.717) is 12.5 Å². The number of nitrogens with zero attached hydrogens (tertiary/aromatic N) is 3. The van der Waals surface area contributed by atoms with Crippen molar-refractivity contribution >= 4 is 36.0 Å². The van der Waals surface area contributed by atoms with Crippen molar-refractivity contribution in [3.05, 3.63) is 17.0 Å². The molecule has 9 heteroatoms. The number of aryl methyl sites for hydroxylation is 2. The molecule has 1 amide bonds. The Kier molecular flexibility index (Phi) is 13.1. The minimum absolute atomic E-state index is 0. The molecule has 1 atom stereocenters. The number of aliphatic imine (C=N–C) groups is 1. The summed E-state index contributed by atoms with van der Waals surface area (Å²) in [5.74, 6) is 2.00. The zero-order valence-corrected chi connectivity index (χ0v) is 23.0. The number of nitrogens with one attached hydrogen (secondary N) is 2. The number of guanidine groups is 1. The van der Waals surface area contributed by atoms with E-state index in [9.17, 15) is 4.79 Å². The Morgan fingerprint density at radius 2 is 1.94 bits per heavy atom. The Morgan fingerprint density at radius 1 is 1.29 bits per heavy atom. The molecule has 0 aliphatic heterocycles. The fourth-order valence-corrected chi connectivity index (χ4v) is 3.07. The van der Waals surface area contributed by atoms with Crippen LogP contribution in [-0.2, 0) is 11.2 Å². The van der Waals surface area contributed by atoms with Crippen LogP contribution in [0.3, 0.4) is 0 Å². The summed E-state index contributed by atoms with van der Waals surface area (Å²) >= 11 is 0. The summed E-state index contributed by atoms with van der Waals surface area (Å²) in [4.78, 5) is 19.0. The molecule has 31 heavy (non-hydrogen) atoms. The molecule has 0 fully saturated rings. The van der Waals surface area contributed by atoms with Gasteiger partial charge in [0.2, 0.25) is 0 Å². The minimum atomic E-state index is -0.505. The van der Waals surface area contributed by atoms with E-state index < -0.39 is 5.60 Å². The van der Waals surface area contributed by atoms with Crippen LogP contribution in [-0.4, -0.2) is 60.4 Å². The maximum atomic E-state index is 12.2. The average molecular weight is 552 g/mol. The van der Waals surface area contributed by atoms with Gasteiger partial charge in [-0.1, -0.05) is 19.0 Å². The van der Waals surface area contributed by atoms with Gasteiger partial charge in [0.25, 0.3) is 0 Å². The zero-order chi connectivity index (χ0) is 22.9. The Balaban J connectivity index is 0.00000900. The highest BCUT2D eigenvalue weighted by atomic mass is 127. The second-order valence-corrected chi connectivity index (χ2v) is 9.00. The molecule has 180 valence electrons. The van der Waals surface area contributed by atoms with Crippen LogP contribution >= 0.6 is 24.0 Å². The first-order valence-electron chi connectivity index (χ1n) is 10.8. The molecular weight excluding hydrogens is 509 g/mol. The summed E-state index contributed by atoms with van der Waals surface area (Å²) in [7, 11) is 2.02. The van der Waals surface area contributed by atoms with E-state index in [0.717, 1.165) is 48.9 Å². The standard InChI is InChI=1S/C22H41N5O3.HI/c1-10-23-20(24-13-11-18-16(4)26-30-17(18)5)27(9)14-12-19(15(2)3)25-21(28)29-22(6,7)8;/h15,19H,10-14H2,1-9H3,(H,23,24)(H,25,28);1H. The molecule has 2 N–H and O–H groups in total. The molecule has 1 unspecified atom stereocenters. The van der Waals surface area contributed by atoms with Crippen LogP contribution in [0.15, 0.2) is 9.52 Å². The molecule has 1 rings (SSSR count). The van der Waals surface area contributed by atoms with Crippen molar-refractivity contribution in [2.24, 2.45) is 10.9 Å². The molecular formula is C22H42IN5O3. The van der Waals surface area contributed by atoms with Crippen LogP contribution in [0.4, 0.5) is 4.79 Å². The van der Waals surface area contributed by atoms with Crippen molar-refractivity contribution in [2.75, 3.05) is 26.7 Å². The number of rotatable bonds is 9. The molecule has 0 spiro atoms. The third-order valence-corrected chi connectivity index (χ3v) is 4.78. The van der Waals surface area contributed by atoms with Crippen LogP contribution in [0.25, 0.3) is 0 Å². The lowest BCUT2D eigenvalue weighted by atomic mass is 10.0. The molecule has 0 bridgehead atoms. The number of ether oxygens (including phenoxy) is 1. The smallest absolute Gasteiger partial charge is 0.407 e. The third-order valence-electron chi connectivity index (χ3n) is 4.78. The third kappa shape index (κ3) is 11.1. The maximum absolute atomic E-state index is 12.2. The summed E-state index contributed by atoms with van der Waals surface area (Å²) in [6, 6.07) is 0.0208. The lowest BCUT2D eigenvalue weighted by molar-refractivity contribution is 0.0486. The van der Waals surface area contributed by atoms with Crippen molar-refractivity contribution in [1.29, 1.82) is 0 Å². The Hall–Kier alpha value is -1.52. The van der Waals surface area contributed by atoms with E-state index in [1.54, 1.807) is 0 Å². The van der Waals surface area contributed by atoms with E-state index in [4.69, 9.17) is 14.3 Å². The summed E-state index contributed by atoms with van der Waals surface area (Å²) in [6.45, 7) is 17.9. The summed E-state index contributed by atoms with van der Waals surface area (Å²) < 4.78 is 10.6. The highest BCUT2D eigenvalue weighted by molar-refractivity contribution is 14.0. The number of hydrogen-bond donors (Lipinski definition) is 2. The van der Waals surface area contributed by atoms with Gasteiger partial charge in [0, 0.05) is 38.3 Å². The van der Waals surface area contributed by atoms with Gasteiger partial charge in [0.15, 0.2) is 5.96 Å². The van der Waals surface area contributed by atoms with Gasteiger partial charge in [-0.15, -0.1) is 24.0 Å². The van der Waals surface area contributed by atoms with E-state index in [1.165, 1.54) is 0 Å². The van der Waals surface area contributed by atoms with Crippen LogP contribution < -0.4 is 10.6 Å². The largest absolute Gasteiger partial charge is 0.444 e. The van der Waals surface area contributed by atoms with Gasteiger partial charge in [0.1, 0.15) is 11.4 Å². The predicted octanol–water partition coefficient (Wildman–Crippen LogP) is 4.29. The fourth-order valence-electron chi connectivity index (χ4n) is 3.07. The Bertz CT molecular complexity index is 678. The van der Waals surface area contributed by atoms with Gasteiger partial charge in [-0.3, -0.25) is 4.99 Å². The Morgan fingerprint density at radius 3 is 2.42 bits per heavy atom. The van der Waals surface area contributed by atoms with Gasteiger partial charge in [-0.05, 0) is 60.3 Å². The number of carbonyl (C=O) groups is 1. The highest BCUT2D eigenvalue weighted by Crippen LogP contribution is 2.13. The SMILES string of the molecule is CCNC(=NCCc1c(C)noc1C)N(C)CCC(NC(=O)OC(C)(C)C)C(C)C.I. The van der Waals surface area contributed by atoms with E-state index in [1.807, 2.05) is 41.7 Å². The predicted molar refractivity (Wildman–Crippen MR) is 136 cm³/mol. The summed E-state index contributed by atoms with van der Waals surface area (Å²) in [5.41, 5.74) is 1.54. The van der Waals surface area contributed by atoms with Crippen molar-refractivity contribution in [3.8, 4) is 0 Å². The molecule has 0 aliphatic rings. The van der Waals surface area contributed by atoms with Crippen LogP contribution in [0.1, 0.15) is 65.0 Å². The van der Waals surface area contributed by atoms with Crippen LogP contribution in [0.5, 0.6) is 0 Å². The maximum Gasteiger partial charge on any atom is 0.407 e. The second kappa shape index (κ2) is 13.8. The van der Waals surface area contributed by atoms with Gasteiger partial charge < -0.3 is 24.8 Å². The summed E-state index contributed by atoms with van der Waals surface area (Å²) in [6.07, 6.45) is 1.21. The molecule has 1 aromatic heterocycles. The molecule has 0 aromatic carbocycles. The van der Waals surface area contributed by atoms with Gasteiger partial charge >= 0.3 is 6.09 Å². The number of alkyl carbamates (subject to hydrolysis) is 1. The molecule has 8 nitrogen and oxygen atoms in total. The molecule has 0 radical (unpaired) electrons. The molecule has 1 heterocycles. The number of aromatic nitrogens is 1. The van der Waals surface area contributed by atoms with Crippen molar-refractivity contribution in [2.45, 2.75) is 79.9 Å². The van der Waals surface area contributed by atoms with Crippen LogP contribution in [0, 0.1) is 19.8 Å². The first kappa shape index (κ1) is 29.5. The van der Waals surface area contributed by atoms with E-state index in [2.05, 4.69) is 41.5 Å². The minimum Gasteiger partial charge on any atom is -0.444 e. The van der Waals surface area contributed by atoms with Crippen molar-refractivity contribution in [3.63, 3.8) is 0 Å². The average Bonchev–Trinajstić information content (AvgIpc) is 2.94. The monoisotopic (exact) mass is 551 g/mol. The first-order chi connectivity index (χ1) is 13.9. The molecule has 0 saturated carbocycles. The fraction of sp³-hybridized carbons (Fsp3) is 0.773. The van der Waals surface area contributed by atoms with E-state index >= 15 is 0 Å². The molecule has 1 aromatic rings. The van der Waals surface area contributed by atoms with E-state index in [-0.39, 0.29) is 36.1 Å². The zero-order valence-electron chi connectivity index (χ0n) is 20.7. The van der Waals surface area contributed by atoms with Gasteiger partial charge in [-0.2, -0.15) is 0 Å². The Labute approximate surface area is 205 Å². The first-order valence-corrected chi connectivity index (χ1v) is 10.8. The summed E-state index contributed by atoms with van der Waals surface area (Å²) in [5, 5.41) is 10.4. The van der Waals surface area contributed by atoms with Gasteiger partial charge in [0.05, 0.1) is 5.69 Å². The topological polar surface area (TPSA) is 92.0 Å².